The number of benzene rings is 2. The Labute approximate surface area is 159 Å². The predicted octanol–water partition coefficient (Wildman–Crippen LogP) is 5.78. The van der Waals surface area contributed by atoms with Crippen LogP contribution < -0.4 is 4.74 Å². The van der Waals surface area contributed by atoms with E-state index >= 15 is 0 Å². The van der Waals surface area contributed by atoms with E-state index in [9.17, 15) is 4.39 Å². The van der Waals surface area contributed by atoms with Gasteiger partial charge in [0, 0.05) is 22.6 Å². The second-order valence-electron chi connectivity index (χ2n) is 6.30. The van der Waals surface area contributed by atoms with Crippen LogP contribution >= 0.6 is 22.9 Å². The van der Waals surface area contributed by atoms with E-state index in [1.54, 1.807) is 17.4 Å². The lowest BCUT2D eigenvalue weighted by Gasteiger charge is -2.38. The van der Waals surface area contributed by atoms with Gasteiger partial charge in [0.05, 0.1) is 16.6 Å². The summed E-state index contributed by atoms with van der Waals surface area (Å²) in [5.41, 5.74) is 2.69. The highest BCUT2D eigenvalue weighted by molar-refractivity contribution is 7.12. The summed E-state index contributed by atoms with van der Waals surface area (Å²) in [6.45, 7) is 0. The summed E-state index contributed by atoms with van der Waals surface area (Å²) in [6.07, 6.45) is 0.222. The molecule has 2 aliphatic heterocycles. The molecule has 0 fully saturated rings. The molecule has 2 unspecified atom stereocenters. The van der Waals surface area contributed by atoms with Crippen LogP contribution in [0.15, 0.2) is 65.1 Å². The zero-order chi connectivity index (χ0) is 17.7. The van der Waals surface area contributed by atoms with Gasteiger partial charge < -0.3 is 4.74 Å². The summed E-state index contributed by atoms with van der Waals surface area (Å²) < 4.78 is 20.1. The van der Waals surface area contributed by atoms with Crippen molar-refractivity contribution in [2.75, 3.05) is 0 Å². The van der Waals surface area contributed by atoms with Gasteiger partial charge in [0.2, 0.25) is 6.23 Å². The molecule has 26 heavy (non-hydrogen) atoms. The summed E-state index contributed by atoms with van der Waals surface area (Å²) in [7, 11) is 0. The number of fused-ring (bicyclic) bond motifs is 3. The van der Waals surface area contributed by atoms with Crippen LogP contribution in [0.1, 0.15) is 34.7 Å². The van der Waals surface area contributed by atoms with Gasteiger partial charge in [0.15, 0.2) is 0 Å². The lowest BCUT2D eigenvalue weighted by Crippen LogP contribution is -2.33. The quantitative estimate of drug-likeness (QED) is 0.559. The van der Waals surface area contributed by atoms with Crippen LogP contribution in [0.3, 0.4) is 0 Å². The van der Waals surface area contributed by atoms with Gasteiger partial charge in [-0.15, -0.1) is 11.3 Å². The van der Waals surface area contributed by atoms with Crippen molar-refractivity contribution in [1.29, 1.82) is 0 Å². The average Bonchev–Trinajstić information content (AvgIpc) is 3.32. The third-order valence-electron chi connectivity index (χ3n) is 4.73. The van der Waals surface area contributed by atoms with Crippen LogP contribution in [0.25, 0.3) is 0 Å². The maximum absolute atomic E-state index is 13.9. The van der Waals surface area contributed by atoms with Crippen LogP contribution in [0, 0.1) is 5.82 Å². The third kappa shape index (κ3) is 2.50. The summed E-state index contributed by atoms with van der Waals surface area (Å²) in [6, 6.07) is 16.4. The van der Waals surface area contributed by atoms with E-state index in [1.165, 1.54) is 12.1 Å². The molecule has 130 valence electrons. The van der Waals surface area contributed by atoms with Crippen LogP contribution in [0.5, 0.6) is 5.75 Å². The highest BCUT2D eigenvalue weighted by Crippen LogP contribution is 2.48. The molecular weight excluding hydrogens is 371 g/mol. The highest BCUT2D eigenvalue weighted by Gasteiger charge is 2.41. The number of para-hydroxylation sites is 1. The minimum Gasteiger partial charge on any atom is -0.464 e. The van der Waals surface area contributed by atoms with Gasteiger partial charge in [-0.25, -0.2) is 9.40 Å². The Balaban J connectivity index is 1.64. The average molecular weight is 385 g/mol. The van der Waals surface area contributed by atoms with Crippen LogP contribution in [-0.2, 0) is 0 Å². The Kier molecular flexibility index (Phi) is 3.72. The van der Waals surface area contributed by atoms with Crippen molar-refractivity contribution in [3.8, 4) is 5.75 Å². The number of hydrogen-bond acceptors (Lipinski definition) is 4. The van der Waals surface area contributed by atoms with Crippen molar-refractivity contribution in [2.24, 2.45) is 5.10 Å². The summed E-state index contributed by atoms with van der Waals surface area (Å²) in [5.74, 6) is 0.451. The van der Waals surface area contributed by atoms with Crippen LogP contribution in [0.4, 0.5) is 4.39 Å². The van der Waals surface area contributed by atoms with E-state index in [0.29, 0.717) is 10.6 Å². The van der Waals surface area contributed by atoms with E-state index in [-0.39, 0.29) is 11.9 Å². The minimum absolute atomic E-state index is 0.0429. The van der Waals surface area contributed by atoms with Crippen molar-refractivity contribution >= 4 is 28.6 Å². The van der Waals surface area contributed by atoms with Gasteiger partial charge in [-0.1, -0.05) is 35.9 Å². The molecule has 6 heteroatoms. The van der Waals surface area contributed by atoms with Crippen LogP contribution in [-0.4, -0.2) is 10.7 Å². The first kappa shape index (κ1) is 15.9. The summed E-state index contributed by atoms with van der Waals surface area (Å²) in [5, 5.41) is 9.26. The molecule has 0 saturated heterocycles. The first-order valence-corrected chi connectivity index (χ1v) is 9.57. The van der Waals surface area contributed by atoms with E-state index in [1.807, 2.05) is 34.7 Å². The first-order valence-electron chi connectivity index (χ1n) is 8.31. The topological polar surface area (TPSA) is 24.8 Å². The molecule has 0 amide bonds. The number of hydrogen-bond donors (Lipinski definition) is 0. The first-order chi connectivity index (χ1) is 12.7. The standard InChI is InChI=1S/C20H14ClFN2OS/c21-15-8-7-12(22)10-14(15)20-24-17(13-4-1-2-5-18(13)25-20)11-16(23-24)19-6-3-9-26-19/h1-10,17,20H,11H2. The zero-order valence-corrected chi connectivity index (χ0v) is 15.2. The van der Waals surface area contributed by atoms with Gasteiger partial charge in [0.1, 0.15) is 11.6 Å². The van der Waals surface area contributed by atoms with Crippen molar-refractivity contribution in [3.05, 3.63) is 86.8 Å². The molecule has 2 atom stereocenters. The van der Waals surface area contributed by atoms with Gasteiger partial charge in [-0.2, -0.15) is 5.10 Å². The largest absolute Gasteiger partial charge is 0.464 e. The maximum Gasteiger partial charge on any atom is 0.215 e. The molecule has 0 spiro atoms. The highest BCUT2D eigenvalue weighted by atomic mass is 35.5. The van der Waals surface area contributed by atoms with Crippen molar-refractivity contribution in [1.82, 2.24) is 5.01 Å². The lowest BCUT2D eigenvalue weighted by molar-refractivity contribution is -0.0191. The SMILES string of the molecule is Fc1ccc(Cl)c(C2Oc3ccccc3C3CC(c4cccs4)=NN32)c1. The monoisotopic (exact) mass is 384 g/mol. The molecule has 3 nitrogen and oxygen atoms in total. The number of thiophene rings is 1. The minimum atomic E-state index is -0.560. The number of halogens is 2. The van der Waals surface area contributed by atoms with E-state index in [2.05, 4.69) is 12.1 Å². The number of ether oxygens (including phenoxy) is 1. The second kappa shape index (κ2) is 6.11. The Morgan fingerprint density at radius 1 is 1.12 bits per heavy atom. The Hall–Kier alpha value is -2.37. The molecule has 3 aromatic rings. The molecule has 1 aromatic heterocycles. The van der Waals surface area contributed by atoms with Crippen molar-refractivity contribution < 1.29 is 9.13 Å². The summed E-state index contributed by atoms with van der Waals surface area (Å²) in [4.78, 5) is 1.14. The molecule has 0 bridgehead atoms. The van der Waals surface area contributed by atoms with E-state index in [0.717, 1.165) is 28.3 Å². The number of nitrogens with zero attached hydrogens (tertiary/aromatic N) is 2. The maximum atomic E-state index is 13.9. The summed E-state index contributed by atoms with van der Waals surface area (Å²) >= 11 is 8.03. The fourth-order valence-electron chi connectivity index (χ4n) is 3.53. The van der Waals surface area contributed by atoms with Gasteiger partial charge in [-0.3, -0.25) is 0 Å². The number of hydrazone groups is 1. The molecule has 0 saturated carbocycles. The van der Waals surface area contributed by atoms with Gasteiger partial charge in [-0.05, 0) is 35.7 Å². The normalized spacial score (nSPS) is 21.0. The zero-order valence-electron chi connectivity index (χ0n) is 13.6. The second-order valence-corrected chi connectivity index (χ2v) is 7.65. The smallest absolute Gasteiger partial charge is 0.215 e. The molecule has 2 aliphatic rings. The van der Waals surface area contributed by atoms with Crippen LogP contribution in [0.2, 0.25) is 5.02 Å². The van der Waals surface area contributed by atoms with Gasteiger partial charge >= 0.3 is 0 Å². The fourth-order valence-corrected chi connectivity index (χ4v) is 4.47. The predicted molar refractivity (Wildman–Crippen MR) is 101 cm³/mol. The van der Waals surface area contributed by atoms with Gasteiger partial charge in [0.25, 0.3) is 0 Å². The molecule has 0 N–H and O–H groups in total. The molecule has 5 rings (SSSR count). The Bertz CT molecular complexity index is 1000. The molecule has 0 radical (unpaired) electrons. The Morgan fingerprint density at radius 3 is 2.85 bits per heavy atom. The van der Waals surface area contributed by atoms with E-state index < -0.39 is 6.23 Å². The number of rotatable bonds is 2. The fraction of sp³-hybridized carbons (Fsp3) is 0.150. The van der Waals surface area contributed by atoms with E-state index in [4.69, 9.17) is 21.4 Å². The molecule has 3 heterocycles. The third-order valence-corrected chi connectivity index (χ3v) is 5.99. The van der Waals surface area contributed by atoms with Crippen molar-refractivity contribution in [2.45, 2.75) is 18.7 Å². The molecule has 2 aromatic carbocycles. The molecular formula is C20H14ClFN2OS. The molecule has 0 aliphatic carbocycles. The van der Waals surface area contributed by atoms with Crippen molar-refractivity contribution in [3.63, 3.8) is 0 Å². The Morgan fingerprint density at radius 2 is 2.00 bits per heavy atom. The lowest BCUT2D eigenvalue weighted by atomic mass is 9.97.